The Bertz CT molecular complexity index is 523. The molecule has 0 unspecified atom stereocenters. The van der Waals surface area contributed by atoms with E-state index in [0.29, 0.717) is 25.8 Å². The van der Waals surface area contributed by atoms with Crippen LogP contribution in [0, 0.1) is 5.92 Å². The van der Waals surface area contributed by atoms with Crippen molar-refractivity contribution in [3.05, 3.63) is 0 Å². The van der Waals surface area contributed by atoms with Gasteiger partial charge in [0.05, 0.1) is 6.04 Å². The molecule has 3 amide bonds. The summed E-state index contributed by atoms with van der Waals surface area (Å²) in [4.78, 5) is 48.6. The third kappa shape index (κ3) is 6.33. The molecule has 1 saturated heterocycles. The van der Waals surface area contributed by atoms with Crippen LogP contribution in [0.2, 0.25) is 0 Å². The summed E-state index contributed by atoms with van der Waals surface area (Å²) in [6, 6.07) is -2.21. The summed E-state index contributed by atoms with van der Waals surface area (Å²) in [5, 5.41) is 13.5. The summed E-state index contributed by atoms with van der Waals surface area (Å²) in [7, 11) is 0. The zero-order valence-corrected chi connectivity index (χ0v) is 14.9. The van der Waals surface area contributed by atoms with E-state index in [2.05, 4.69) is 10.6 Å². The minimum absolute atomic E-state index is 0.257. The van der Waals surface area contributed by atoms with Crippen LogP contribution < -0.4 is 16.4 Å². The lowest BCUT2D eigenvalue weighted by molar-refractivity contribution is -0.142. The number of amides is 3. The second-order valence-corrected chi connectivity index (χ2v) is 6.77. The molecule has 0 radical (unpaired) electrons. The predicted molar refractivity (Wildman–Crippen MR) is 90.4 cm³/mol. The molecule has 0 bridgehead atoms. The number of carboxylic acid groups (broad SMARTS) is 1. The number of aliphatic carboxylic acids is 1. The second-order valence-electron chi connectivity index (χ2n) is 6.77. The molecule has 0 spiro atoms. The van der Waals surface area contributed by atoms with Crippen molar-refractivity contribution in [2.24, 2.45) is 11.7 Å². The highest BCUT2D eigenvalue weighted by Crippen LogP contribution is 2.18. The molecule has 0 saturated carbocycles. The Balaban J connectivity index is 2.62. The van der Waals surface area contributed by atoms with Crippen molar-refractivity contribution in [2.75, 3.05) is 13.1 Å². The van der Waals surface area contributed by atoms with Gasteiger partial charge in [-0.3, -0.25) is 19.2 Å². The van der Waals surface area contributed by atoms with Gasteiger partial charge in [0.15, 0.2) is 0 Å². The Morgan fingerprint density at radius 2 is 1.88 bits per heavy atom. The molecule has 1 fully saturated rings. The fraction of sp³-hybridized carbons (Fsp3) is 0.750. The zero-order valence-electron chi connectivity index (χ0n) is 14.9. The van der Waals surface area contributed by atoms with Crippen molar-refractivity contribution >= 4 is 23.7 Å². The molecule has 1 heterocycles. The van der Waals surface area contributed by atoms with Gasteiger partial charge in [-0.05, 0) is 32.1 Å². The molecule has 9 heteroatoms. The average molecular weight is 356 g/mol. The molecular weight excluding hydrogens is 328 g/mol. The summed E-state index contributed by atoms with van der Waals surface area (Å²) >= 11 is 0. The lowest BCUT2D eigenvalue weighted by Crippen LogP contribution is -2.55. The topological polar surface area (TPSA) is 142 Å². The van der Waals surface area contributed by atoms with Crippen LogP contribution in [0.25, 0.3) is 0 Å². The maximum absolute atomic E-state index is 12.6. The van der Waals surface area contributed by atoms with Crippen LogP contribution in [0.5, 0.6) is 0 Å². The van der Waals surface area contributed by atoms with Gasteiger partial charge in [-0.25, -0.2) is 0 Å². The first kappa shape index (κ1) is 20.9. The van der Waals surface area contributed by atoms with Crippen LogP contribution in [-0.4, -0.2) is 64.9 Å². The molecule has 1 aliphatic rings. The Morgan fingerprint density at radius 3 is 2.44 bits per heavy atom. The smallest absolute Gasteiger partial charge is 0.322 e. The third-order valence-electron chi connectivity index (χ3n) is 4.04. The summed E-state index contributed by atoms with van der Waals surface area (Å²) in [6.07, 6.45) is 1.62. The fourth-order valence-corrected chi connectivity index (χ4v) is 2.83. The zero-order chi connectivity index (χ0) is 19.1. The highest BCUT2D eigenvalue weighted by molar-refractivity contribution is 5.93. The molecule has 5 N–H and O–H groups in total. The number of nitrogens with two attached hydrogens (primary N) is 1. The number of nitrogens with zero attached hydrogens (tertiary/aromatic N) is 1. The monoisotopic (exact) mass is 356 g/mol. The number of hydrogen-bond acceptors (Lipinski definition) is 5. The van der Waals surface area contributed by atoms with Crippen LogP contribution in [0.4, 0.5) is 0 Å². The highest BCUT2D eigenvalue weighted by atomic mass is 16.4. The molecule has 0 aromatic carbocycles. The van der Waals surface area contributed by atoms with Crippen molar-refractivity contribution in [1.82, 2.24) is 15.5 Å². The fourth-order valence-electron chi connectivity index (χ4n) is 2.83. The molecule has 142 valence electrons. The van der Waals surface area contributed by atoms with Gasteiger partial charge in [-0.15, -0.1) is 0 Å². The van der Waals surface area contributed by atoms with Gasteiger partial charge >= 0.3 is 5.97 Å². The molecule has 0 aromatic heterocycles. The third-order valence-corrected chi connectivity index (χ3v) is 4.04. The van der Waals surface area contributed by atoms with Gasteiger partial charge in [0.2, 0.25) is 17.7 Å². The number of carbonyl (C=O) groups is 4. The van der Waals surface area contributed by atoms with Gasteiger partial charge in [0, 0.05) is 6.54 Å². The van der Waals surface area contributed by atoms with E-state index in [-0.39, 0.29) is 11.8 Å². The Morgan fingerprint density at radius 1 is 1.24 bits per heavy atom. The molecule has 1 aliphatic heterocycles. The largest absolute Gasteiger partial charge is 0.480 e. The van der Waals surface area contributed by atoms with Gasteiger partial charge < -0.3 is 26.4 Å². The standard InChI is InChI=1S/C16H28N4O5/c1-9(2)7-11(17)14(23)19-10(3)16(25)20-6-4-5-12(20)15(24)18-8-13(21)22/h9-12H,4-8,17H2,1-3H3,(H,18,24)(H,19,23)(H,21,22)/t10-,11-,12-/m0/s1. The maximum Gasteiger partial charge on any atom is 0.322 e. The minimum atomic E-state index is -1.15. The number of hydrogen-bond donors (Lipinski definition) is 4. The summed E-state index contributed by atoms with van der Waals surface area (Å²) in [5.41, 5.74) is 5.81. The van der Waals surface area contributed by atoms with Crippen molar-refractivity contribution in [2.45, 2.75) is 58.2 Å². The lowest BCUT2D eigenvalue weighted by Gasteiger charge is -2.27. The maximum atomic E-state index is 12.6. The van der Waals surface area contributed by atoms with E-state index in [4.69, 9.17) is 10.8 Å². The van der Waals surface area contributed by atoms with E-state index in [9.17, 15) is 19.2 Å². The van der Waals surface area contributed by atoms with E-state index in [1.807, 2.05) is 13.8 Å². The molecule has 3 atom stereocenters. The van der Waals surface area contributed by atoms with E-state index in [1.165, 1.54) is 4.90 Å². The van der Waals surface area contributed by atoms with Crippen LogP contribution >= 0.6 is 0 Å². The van der Waals surface area contributed by atoms with Crippen molar-refractivity contribution < 1.29 is 24.3 Å². The van der Waals surface area contributed by atoms with Crippen LogP contribution in [0.15, 0.2) is 0 Å². The average Bonchev–Trinajstić information content (AvgIpc) is 3.00. The van der Waals surface area contributed by atoms with Gasteiger partial charge in [0.25, 0.3) is 0 Å². The quantitative estimate of drug-likeness (QED) is 0.442. The van der Waals surface area contributed by atoms with E-state index in [0.717, 1.165) is 0 Å². The lowest BCUT2D eigenvalue weighted by atomic mass is 10.0. The van der Waals surface area contributed by atoms with Crippen LogP contribution in [0.3, 0.4) is 0 Å². The first-order chi connectivity index (χ1) is 11.6. The molecular formula is C16H28N4O5. The Kier molecular flexibility index (Phi) is 7.82. The summed E-state index contributed by atoms with van der Waals surface area (Å²) in [6.45, 7) is 5.35. The van der Waals surface area contributed by atoms with E-state index in [1.54, 1.807) is 6.92 Å². The number of carbonyl (C=O) groups excluding carboxylic acids is 3. The minimum Gasteiger partial charge on any atom is -0.480 e. The predicted octanol–water partition coefficient (Wildman–Crippen LogP) is -0.944. The normalized spacial score (nSPS) is 19.4. The Hall–Kier alpha value is -2.16. The van der Waals surface area contributed by atoms with Crippen LogP contribution in [0.1, 0.15) is 40.0 Å². The molecule has 0 aliphatic carbocycles. The van der Waals surface area contributed by atoms with Crippen molar-refractivity contribution in [3.63, 3.8) is 0 Å². The molecule has 0 aromatic rings. The van der Waals surface area contributed by atoms with Crippen molar-refractivity contribution in [1.29, 1.82) is 0 Å². The first-order valence-electron chi connectivity index (χ1n) is 8.49. The van der Waals surface area contributed by atoms with Gasteiger partial charge in [-0.1, -0.05) is 13.8 Å². The summed E-state index contributed by atoms with van der Waals surface area (Å²) < 4.78 is 0. The van der Waals surface area contributed by atoms with E-state index >= 15 is 0 Å². The van der Waals surface area contributed by atoms with Crippen molar-refractivity contribution in [3.8, 4) is 0 Å². The number of carboxylic acids is 1. The highest BCUT2D eigenvalue weighted by Gasteiger charge is 2.36. The first-order valence-corrected chi connectivity index (χ1v) is 8.49. The summed E-state index contributed by atoms with van der Waals surface area (Å²) in [5.74, 6) is -2.17. The van der Waals surface area contributed by atoms with Crippen LogP contribution in [-0.2, 0) is 19.2 Å². The number of rotatable bonds is 8. The van der Waals surface area contributed by atoms with Gasteiger partial charge in [-0.2, -0.15) is 0 Å². The Labute approximate surface area is 147 Å². The number of nitrogens with one attached hydrogen (secondary N) is 2. The number of likely N-dealkylation sites (tertiary alicyclic amines) is 1. The van der Waals surface area contributed by atoms with Gasteiger partial charge in [0.1, 0.15) is 18.6 Å². The SMILES string of the molecule is CC(C)C[C@H](N)C(=O)N[C@@H](C)C(=O)N1CCC[C@H]1C(=O)NCC(=O)O. The molecule has 1 rings (SSSR count). The van der Waals surface area contributed by atoms with E-state index < -0.39 is 42.5 Å². The molecule has 25 heavy (non-hydrogen) atoms. The second kappa shape index (κ2) is 9.36. The molecule has 9 nitrogen and oxygen atoms in total.